The van der Waals surface area contributed by atoms with Gasteiger partial charge in [0.2, 0.25) is 0 Å². The highest BCUT2D eigenvalue weighted by Gasteiger charge is 2.16. The number of carbonyl (C=O) groups is 2. The van der Waals surface area contributed by atoms with Crippen molar-refractivity contribution in [1.29, 1.82) is 0 Å². The lowest BCUT2D eigenvalue weighted by atomic mass is 10.1. The van der Waals surface area contributed by atoms with Crippen LogP contribution in [0.1, 0.15) is 27.6 Å². The number of nitrogens with zero attached hydrogens (tertiary/aromatic N) is 2. The number of ether oxygens (including phenoxy) is 2. The smallest absolute Gasteiger partial charge is 0.338 e. The molecule has 0 aliphatic heterocycles. The zero-order chi connectivity index (χ0) is 17.0. The Labute approximate surface area is 128 Å². The summed E-state index contributed by atoms with van der Waals surface area (Å²) in [5.41, 5.74) is 0.943. The molecule has 1 rings (SSSR count). The van der Waals surface area contributed by atoms with Crippen molar-refractivity contribution < 1.29 is 29.1 Å². The van der Waals surface area contributed by atoms with Gasteiger partial charge in [0.05, 0.1) is 37.3 Å². The van der Waals surface area contributed by atoms with Crippen molar-refractivity contribution in [2.45, 2.75) is 6.92 Å². The second-order valence-electron chi connectivity index (χ2n) is 3.69. The zero-order valence-electron chi connectivity index (χ0n) is 12.8. The van der Waals surface area contributed by atoms with Gasteiger partial charge in [-0.3, -0.25) is 0 Å². The molecular formula is C14H18N2O6. The molecule has 0 atom stereocenters. The molecule has 0 unspecified atom stereocenters. The Kier molecular flexibility index (Phi) is 9.41. The lowest BCUT2D eigenvalue weighted by Gasteiger charge is -2.04. The summed E-state index contributed by atoms with van der Waals surface area (Å²) in [5.74, 6) is -1.10. The maximum absolute atomic E-state index is 11.2. The summed E-state index contributed by atoms with van der Waals surface area (Å²) in [7, 11) is 3.95. The first-order valence-electron chi connectivity index (χ1n) is 6.02. The SMILES string of the molecule is COC(=O)c1ccccc1C(=O)OC.CON=C(C)C=NO. The van der Waals surface area contributed by atoms with E-state index in [4.69, 9.17) is 5.21 Å². The van der Waals surface area contributed by atoms with Gasteiger partial charge in [-0.2, -0.15) is 0 Å². The summed E-state index contributed by atoms with van der Waals surface area (Å²) >= 11 is 0. The molecule has 0 saturated heterocycles. The van der Waals surface area contributed by atoms with E-state index in [0.29, 0.717) is 5.71 Å². The van der Waals surface area contributed by atoms with E-state index in [0.717, 1.165) is 0 Å². The normalized spacial score (nSPS) is 10.5. The summed E-state index contributed by atoms with van der Waals surface area (Å²) in [6.45, 7) is 1.66. The second-order valence-corrected chi connectivity index (χ2v) is 3.69. The van der Waals surface area contributed by atoms with Crippen molar-refractivity contribution in [2.75, 3.05) is 21.3 Å². The highest BCUT2D eigenvalue weighted by Crippen LogP contribution is 2.10. The predicted molar refractivity (Wildman–Crippen MR) is 79.5 cm³/mol. The molecule has 8 nitrogen and oxygen atoms in total. The fourth-order valence-corrected chi connectivity index (χ4v) is 1.31. The summed E-state index contributed by atoms with van der Waals surface area (Å²) in [6.07, 6.45) is 1.18. The van der Waals surface area contributed by atoms with E-state index in [1.807, 2.05) is 0 Å². The van der Waals surface area contributed by atoms with Crippen LogP contribution >= 0.6 is 0 Å². The van der Waals surface area contributed by atoms with Crippen LogP contribution < -0.4 is 0 Å². The number of hydrogen-bond acceptors (Lipinski definition) is 8. The predicted octanol–water partition coefficient (Wildman–Crippen LogP) is 1.73. The Morgan fingerprint density at radius 1 is 1.05 bits per heavy atom. The fourth-order valence-electron chi connectivity index (χ4n) is 1.31. The molecule has 0 aliphatic rings. The molecule has 1 aromatic carbocycles. The summed E-state index contributed by atoms with van der Waals surface area (Å²) in [5, 5.41) is 14.0. The minimum absolute atomic E-state index is 0.210. The number of methoxy groups -OCH3 is 2. The van der Waals surface area contributed by atoms with Crippen molar-refractivity contribution >= 4 is 23.9 Å². The number of carbonyl (C=O) groups excluding carboxylic acids is 2. The molecule has 1 aromatic rings. The van der Waals surface area contributed by atoms with Crippen molar-refractivity contribution in [3.8, 4) is 0 Å². The standard InChI is InChI=1S/C10H10O4.C4H8N2O2/c1-13-9(11)7-5-3-4-6-8(7)10(12)14-2;1-4(3-5-7)6-8-2/h3-6H,1-2H3;3,7H,1-2H3. The third kappa shape index (κ3) is 6.51. The van der Waals surface area contributed by atoms with E-state index in [1.54, 1.807) is 19.1 Å². The molecule has 0 amide bonds. The van der Waals surface area contributed by atoms with Crippen molar-refractivity contribution in [2.24, 2.45) is 10.3 Å². The lowest BCUT2D eigenvalue weighted by molar-refractivity contribution is 0.0555. The van der Waals surface area contributed by atoms with E-state index in [9.17, 15) is 9.59 Å². The van der Waals surface area contributed by atoms with Gasteiger partial charge in [0.15, 0.2) is 0 Å². The Morgan fingerprint density at radius 3 is 1.82 bits per heavy atom. The van der Waals surface area contributed by atoms with Gasteiger partial charge in [0.25, 0.3) is 0 Å². The molecular weight excluding hydrogens is 292 g/mol. The highest BCUT2D eigenvalue weighted by atomic mass is 16.6. The van der Waals surface area contributed by atoms with Crippen LogP contribution in [0.15, 0.2) is 34.6 Å². The van der Waals surface area contributed by atoms with Crippen molar-refractivity contribution in [3.63, 3.8) is 0 Å². The maximum atomic E-state index is 11.2. The molecule has 22 heavy (non-hydrogen) atoms. The largest absolute Gasteiger partial charge is 0.465 e. The average molecular weight is 310 g/mol. The Morgan fingerprint density at radius 2 is 1.50 bits per heavy atom. The molecule has 0 bridgehead atoms. The maximum Gasteiger partial charge on any atom is 0.338 e. The van der Waals surface area contributed by atoms with Gasteiger partial charge in [-0.25, -0.2) is 9.59 Å². The van der Waals surface area contributed by atoms with E-state index < -0.39 is 11.9 Å². The third-order valence-corrected chi connectivity index (χ3v) is 2.22. The highest BCUT2D eigenvalue weighted by molar-refractivity contribution is 6.29. The van der Waals surface area contributed by atoms with Crippen LogP contribution in [0.3, 0.4) is 0 Å². The Hall–Kier alpha value is -2.90. The molecule has 0 fully saturated rings. The molecule has 1 N–H and O–H groups in total. The van der Waals surface area contributed by atoms with Gasteiger partial charge >= 0.3 is 11.9 Å². The van der Waals surface area contributed by atoms with E-state index >= 15 is 0 Å². The summed E-state index contributed by atoms with van der Waals surface area (Å²) < 4.78 is 9.05. The van der Waals surface area contributed by atoms with Gasteiger partial charge < -0.3 is 19.5 Å². The quantitative estimate of drug-likeness (QED) is 0.393. The van der Waals surface area contributed by atoms with Gasteiger partial charge in [0, 0.05) is 0 Å². The van der Waals surface area contributed by atoms with Gasteiger partial charge in [-0.1, -0.05) is 22.4 Å². The van der Waals surface area contributed by atoms with E-state index in [2.05, 4.69) is 24.6 Å². The molecule has 0 heterocycles. The lowest BCUT2D eigenvalue weighted by Crippen LogP contribution is -2.11. The fraction of sp³-hybridized carbons (Fsp3) is 0.286. The first kappa shape index (κ1) is 19.1. The van der Waals surface area contributed by atoms with Crippen LogP contribution in [0.25, 0.3) is 0 Å². The number of benzene rings is 1. The van der Waals surface area contributed by atoms with Gasteiger partial charge in [-0.15, -0.1) is 0 Å². The van der Waals surface area contributed by atoms with Crippen LogP contribution in [0, 0.1) is 0 Å². The minimum Gasteiger partial charge on any atom is -0.465 e. The van der Waals surface area contributed by atoms with Crippen LogP contribution in [-0.2, 0) is 14.3 Å². The van der Waals surface area contributed by atoms with Crippen LogP contribution in [0.5, 0.6) is 0 Å². The Bertz CT molecular complexity index is 519. The third-order valence-electron chi connectivity index (χ3n) is 2.22. The number of esters is 2. The van der Waals surface area contributed by atoms with Gasteiger partial charge in [0.1, 0.15) is 7.11 Å². The van der Waals surface area contributed by atoms with Crippen molar-refractivity contribution in [3.05, 3.63) is 35.4 Å². The average Bonchev–Trinajstić information content (AvgIpc) is 2.54. The molecule has 0 saturated carbocycles. The molecule has 0 aromatic heterocycles. The summed E-state index contributed by atoms with van der Waals surface area (Å²) in [4.78, 5) is 26.8. The number of hydrogen-bond donors (Lipinski definition) is 1. The monoisotopic (exact) mass is 310 g/mol. The second kappa shape index (κ2) is 10.8. The van der Waals surface area contributed by atoms with E-state index in [-0.39, 0.29) is 11.1 Å². The molecule has 0 spiro atoms. The minimum atomic E-state index is -0.550. The van der Waals surface area contributed by atoms with E-state index in [1.165, 1.54) is 39.7 Å². The van der Waals surface area contributed by atoms with Crippen LogP contribution in [0.2, 0.25) is 0 Å². The van der Waals surface area contributed by atoms with Crippen LogP contribution in [0.4, 0.5) is 0 Å². The topological polar surface area (TPSA) is 107 Å². The number of rotatable bonds is 4. The first-order valence-corrected chi connectivity index (χ1v) is 6.02. The zero-order valence-corrected chi connectivity index (χ0v) is 12.8. The van der Waals surface area contributed by atoms with Gasteiger partial charge in [-0.05, 0) is 19.1 Å². The molecule has 0 radical (unpaired) electrons. The molecule has 120 valence electrons. The molecule has 8 heteroatoms. The Balaban J connectivity index is 0.000000472. The molecule has 0 aliphatic carbocycles. The van der Waals surface area contributed by atoms with Crippen LogP contribution in [-0.4, -0.2) is 50.4 Å². The van der Waals surface area contributed by atoms with Crippen molar-refractivity contribution in [1.82, 2.24) is 0 Å². The summed E-state index contributed by atoms with van der Waals surface area (Å²) in [6, 6.07) is 6.33. The number of oxime groups is 2. The first-order chi connectivity index (χ1) is 10.5.